The first-order valence-electron chi connectivity index (χ1n) is 9.47. The molecule has 0 unspecified atom stereocenters. The minimum absolute atomic E-state index is 0.0694. The summed E-state index contributed by atoms with van der Waals surface area (Å²) in [4.78, 5) is 12.4. The van der Waals surface area contributed by atoms with Crippen LogP contribution in [0.25, 0.3) is 17.4 Å². The maximum atomic E-state index is 13.0. The summed E-state index contributed by atoms with van der Waals surface area (Å²) in [7, 11) is 0. The summed E-state index contributed by atoms with van der Waals surface area (Å²) in [5.74, 6) is 0.0540. The molecule has 4 nitrogen and oxygen atoms in total. The van der Waals surface area contributed by atoms with E-state index in [4.69, 9.17) is 4.42 Å². The monoisotopic (exact) mass is 388 g/mol. The number of aryl methyl sites for hydroxylation is 1. The maximum Gasteiger partial charge on any atom is 0.266 e. The Bertz CT molecular complexity index is 1040. The number of nitrogens with zero attached hydrogens (tertiary/aromatic N) is 1. The van der Waals surface area contributed by atoms with Crippen LogP contribution in [0.15, 0.2) is 70.7 Å². The van der Waals surface area contributed by atoms with Crippen LogP contribution in [-0.4, -0.2) is 5.91 Å². The third-order valence-corrected chi connectivity index (χ3v) is 4.44. The highest BCUT2D eigenvalue weighted by Crippen LogP contribution is 2.24. The molecule has 0 aliphatic rings. The molecule has 0 spiro atoms. The largest absolute Gasteiger partial charge is 0.457 e. The first kappa shape index (κ1) is 20.1. The number of carbonyl (C=O) groups is 1. The van der Waals surface area contributed by atoms with Crippen LogP contribution in [0.5, 0.6) is 0 Å². The standard InChI is InChI=1S/C24H21FN2O2/c1-2-3-4-17-5-11-21(12-6-17)27-24(28)19(16-26)15-22-13-14-23(29-22)18-7-9-20(25)10-8-18/h5-15H,2-4H2,1H3,(H,27,28)/b19-15+. The van der Waals surface area contributed by atoms with Crippen LogP contribution in [0.1, 0.15) is 31.1 Å². The zero-order valence-electron chi connectivity index (χ0n) is 16.1. The molecule has 0 atom stereocenters. The van der Waals surface area contributed by atoms with Crippen molar-refractivity contribution in [3.05, 3.63) is 83.4 Å². The van der Waals surface area contributed by atoms with E-state index in [-0.39, 0.29) is 11.4 Å². The number of amides is 1. The van der Waals surface area contributed by atoms with Crippen LogP contribution in [0.4, 0.5) is 10.1 Å². The fourth-order valence-corrected chi connectivity index (χ4v) is 2.82. The van der Waals surface area contributed by atoms with Crippen LogP contribution in [-0.2, 0) is 11.2 Å². The number of rotatable bonds is 7. The fraction of sp³-hybridized carbons (Fsp3) is 0.167. The average Bonchev–Trinajstić information content (AvgIpc) is 3.20. The summed E-state index contributed by atoms with van der Waals surface area (Å²) in [6.45, 7) is 2.14. The van der Waals surface area contributed by atoms with Crippen LogP contribution in [0, 0.1) is 17.1 Å². The van der Waals surface area contributed by atoms with E-state index >= 15 is 0 Å². The van der Waals surface area contributed by atoms with Gasteiger partial charge in [-0.25, -0.2) is 4.39 Å². The normalized spacial score (nSPS) is 11.1. The van der Waals surface area contributed by atoms with Crippen LogP contribution in [0.3, 0.4) is 0 Å². The van der Waals surface area contributed by atoms with Gasteiger partial charge in [0.2, 0.25) is 0 Å². The molecule has 0 aliphatic heterocycles. The Balaban J connectivity index is 1.70. The number of nitrogens with one attached hydrogen (secondary N) is 1. The first-order chi connectivity index (χ1) is 14.1. The van der Waals surface area contributed by atoms with E-state index in [9.17, 15) is 14.4 Å². The van der Waals surface area contributed by atoms with Gasteiger partial charge in [0.25, 0.3) is 5.91 Å². The molecule has 0 saturated carbocycles. The van der Waals surface area contributed by atoms with Crippen molar-refractivity contribution in [3.63, 3.8) is 0 Å². The second-order valence-electron chi connectivity index (χ2n) is 6.63. The quantitative estimate of drug-likeness (QED) is 0.400. The molecule has 3 aromatic rings. The summed E-state index contributed by atoms with van der Waals surface area (Å²) in [5.41, 5.74) is 2.48. The number of halogens is 1. The maximum absolute atomic E-state index is 13.0. The smallest absolute Gasteiger partial charge is 0.266 e. The highest BCUT2D eigenvalue weighted by atomic mass is 19.1. The van der Waals surface area contributed by atoms with Gasteiger partial charge in [-0.3, -0.25) is 4.79 Å². The van der Waals surface area contributed by atoms with Gasteiger partial charge < -0.3 is 9.73 Å². The summed E-state index contributed by atoms with van der Waals surface area (Å²) in [6.07, 6.45) is 4.64. The molecule has 5 heteroatoms. The molecule has 0 aliphatic carbocycles. The SMILES string of the molecule is CCCCc1ccc(NC(=O)/C(C#N)=C/c2ccc(-c3ccc(F)cc3)o2)cc1. The van der Waals surface area contributed by atoms with Crippen molar-refractivity contribution >= 4 is 17.7 Å². The molecular weight excluding hydrogens is 367 g/mol. The molecule has 0 saturated heterocycles. The molecule has 3 rings (SSSR count). The summed E-state index contributed by atoms with van der Waals surface area (Å²) >= 11 is 0. The Morgan fingerprint density at radius 3 is 2.48 bits per heavy atom. The molecule has 0 bridgehead atoms. The molecular formula is C24H21FN2O2. The van der Waals surface area contributed by atoms with E-state index in [1.54, 1.807) is 24.3 Å². The number of unbranched alkanes of at least 4 members (excludes halogenated alkanes) is 1. The van der Waals surface area contributed by atoms with Gasteiger partial charge in [-0.05, 0) is 66.9 Å². The average molecular weight is 388 g/mol. The second-order valence-corrected chi connectivity index (χ2v) is 6.63. The highest BCUT2D eigenvalue weighted by Gasteiger charge is 2.12. The van der Waals surface area contributed by atoms with Gasteiger partial charge in [0.15, 0.2) is 0 Å². The van der Waals surface area contributed by atoms with Gasteiger partial charge in [0, 0.05) is 17.3 Å². The van der Waals surface area contributed by atoms with Crippen molar-refractivity contribution in [1.82, 2.24) is 0 Å². The Hall–Kier alpha value is -3.65. The minimum Gasteiger partial charge on any atom is -0.457 e. The molecule has 0 fully saturated rings. The fourth-order valence-electron chi connectivity index (χ4n) is 2.82. The predicted octanol–water partition coefficient (Wildman–Crippen LogP) is 5.97. The lowest BCUT2D eigenvalue weighted by molar-refractivity contribution is -0.112. The van der Waals surface area contributed by atoms with Crippen molar-refractivity contribution in [1.29, 1.82) is 5.26 Å². The van der Waals surface area contributed by atoms with Gasteiger partial charge in [-0.1, -0.05) is 25.5 Å². The molecule has 2 aromatic carbocycles. The van der Waals surface area contributed by atoms with E-state index in [0.29, 0.717) is 22.8 Å². The van der Waals surface area contributed by atoms with Crippen LogP contribution in [0.2, 0.25) is 0 Å². The van der Waals surface area contributed by atoms with E-state index in [2.05, 4.69) is 12.2 Å². The van der Waals surface area contributed by atoms with Gasteiger partial charge >= 0.3 is 0 Å². The molecule has 1 amide bonds. The molecule has 1 heterocycles. The number of hydrogen-bond donors (Lipinski definition) is 1. The van der Waals surface area contributed by atoms with Crippen molar-refractivity contribution in [2.45, 2.75) is 26.2 Å². The van der Waals surface area contributed by atoms with Crippen LogP contribution < -0.4 is 5.32 Å². The van der Waals surface area contributed by atoms with Gasteiger partial charge in [0.05, 0.1) is 0 Å². The van der Waals surface area contributed by atoms with Crippen molar-refractivity contribution < 1.29 is 13.6 Å². The third kappa shape index (κ3) is 5.43. The Labute approximate surface area is 169 Å². The second kappa shape index (κ2) is 9.52. The molecule has 1 aromatic heterocycles. The number of hydrogen-bond acceptors (Lipinski definition) is 3. The van der Waals surface area contributed by atoms with Crippen LogP contribution >= 0.6 is 0 Å². The Morgan fingerprint density at radius 2 is 1.83 bits per heavy atom. The Kier molecular flexibility index (Phi) is 6.59. The molecule has 1 N–H and O–H groups in total. The van der Waals surface area contributed by atoms with Crippen molar-refractivity contribution in [2.75, 3.05) is 5.32 Å². The summed E-state index contributed by atoms with van der Waals surface area (Å²) < 4.78 is 18.7. The number of furan rings is 1. The number of anilines is 1. The lowest BCUT2D eigenvalue weighted by Gasteiger charge is -2.06. The number of benzene rings is 2. The molecule has 146 valence electrons. The van der Waals surface area contributed by atoms with Gasteiger partial charge in [-0.2, -0.15) is 5.26 Å². The molecule has 0 radical (unpaired) electrons. The van der Waals surface area contributed by atoms with E-state index in [1.807, 2.05) is 30.3 Å². The van der Waals surface area contributed by atoms with Crippen molar-refractivity contribution in [2.24, 2.45) is 0 Å². The highest BCUT2D eigenvalue weighted by molar-refractivity contribution is 6.09. The van der Waals surface area contributed by atoms with E-state index in [1.165, 1.54) is 23.8 Å². The lowest BCUT2D eigenvalue weighted by atomic mass is 10.1. The zero-order chi connectivity index (χ0) is 20.6. The first-order valence-corrected chi connectivity index (χ1v) is 9.47. The van der Waals surface area contributed by atoms with Crippen molar-refractivity contribution in [3.8, 4) is 17.4 Å². The predicted molar refractivity (Wildman–Crippen MR) is 111 cm³/mol. The van der Waals surface area contributed by atoms with E-state index in [0.717, 1.165) is 19.3 Å². The minimum atomic E-state index is -0.506. The van der Waals surface area contributed by atoms with E-state index < -0.39 is 5.91 Å². The topological polar surface area (TPSA) is 66.0 Å². The number of nitriles is 1. The van der Waals surface area contributed by atoms with Gasteiger partial charge in [-0.15, -0.1) is 0 Å². The van der Waals surface area contributed by atoms with Gasteiger partial charge in [0.1, 0.15) is 29.0 Å². The summed E-state index contributed by atoms with van der Waals surface area (Å²) in [5, 5.41) is 12.1. The zero-order valence-corrected chi connectivity index (χ0v) is 16.1. The number of carbonyl (C=O) groups excluding carboxylic acids is 1. The molecule has 29 heavy (non-hydrogen) atoms. The summed E-state index contributed by atoms with van der Waals surface area (Å²) in [6, 6.07) is 18.8. The lowest BCUT2D eigenvalue weighted by Crippen LogP contribution is -2.13. The third-order valence-electron chi connectivity index (χ3n) is 4.44. The Morgan fingerprint density at radius 1 is 1.10 bits per heavy atom.